The summed E-state index contributed by atoms with van der Waals surface area (Å²) in [6.45, 7) is 1.06. The van der Waals surface area contributed by atoms with Crippen LogP contribution in [0, 0.1) is 5.92 Å². The van der Waals surface area contributed by atoms with E-state index < -0.39 is 0 Å². The van der Waals surface area contributed by atoms with E-state index in [-0.39, 0.29) is 0 Å². The van der Waals surface area contributed by atoms with E-state index in [0.717, 1.165) is 34.4 Å². The van der Waals surface area contributed by atoms with Crippen LogP contribution in [0.1, 0.15) is 25.7 Å². The van der Waals surface area contributed by atoms with Gasteiger partial charge in [0.1, 0.15) is 5.75 Å². The molecule has 2 N–H and O–H groups in total. The van der Waals surface area contributed by atoms with Gasteiger partial charge in [0.2, 0.25) is 0 Å². The minimum absolute atomic E-state index is 0.728. The Hall–Kier alpha value is -0.740. The fourth-order valence-electron chi connectivity index (χ4n) is 2.69. The first-order valence-electron chi connectivity index (χ1n) is 6.97. The van der Waals surface area contributed by atoms with Crippen LogP contribution in [0.2, 0.25) is 0 Å². The second-order valence-electron chi connectivity index (χ2n) is 5.24. The Balaban J connectivity index is 1.81. The maximum atomic E-state index is 5.24. The van der Waals surface area contributed by atoms with Gasteiger partial charge in [-0.3, -0.25) is 0 Å². The largest absolute Gasteiger partial charge is 0.496 e. The van der Waals surface area contributed by atoms with Crippen LogP contribution in [-0.2, 0) is 0 Å². The van der Waals surface area contributed by atoms with E-state index in [9.17, 15) is 0 Å². The fraction of sp³-hybridized carbons (Fsp3) is 0.600. The molecule has 0 amide bonds. The molecular weight excluding hydrogens is 304 g/mol. The molecule has 0 heterocycles. The predicted octanol–water partition coefficient (Wildman–Crippen LogP) is 3.65. The monoisotopic (exact) mass is 326 g/mol. The summed E-state index contributed by atoms with van der Waals surface area (Å²) in [5, 5.41) is 6.91. The zero-order chi connectivity index (χ0) is 13.7. The lowest BCUT2D eigenvalue weighted by Crippen LogP contribution is -2.32. The molecule has 1 fully saturated rings. The molecule has 0 spiro atoms. The number of methoxy groups -OCH3 is 1. The summed E-state index contributed by atoms with van der Waals surface area (Å²) >= 11 is 3.52. The maximum absolute atomic E-state index is 5.24. The van der Waals surface area contributed by atoms with Crippen molar-refractivity contribution in [1.29, 1.82) is 0 Å². The van der Waals surface area contributed by atoms with Crippen LogP contribution >= 0.6 is 15.9 Å². The van der Waals surface area contributed by atoms with Gasteiger partial charge in [0, 0.05) is 18.3 Å². The highest BCUT2D eigenvalue weighted by Gasteiger charge is 2.19. The Bertz CT molecular complexity index is 403. The quantitative estimate of drug-likeness (QED) is 0.866. The van der Waals surface area contributed by atoms with E-state index in [0.29, 0.717) is 0 Å². The van der Waals surface area contributed by atoms with E-state index in [4.69, 9.17) is 4.74 Å². The van der Waals surface area contributed by atoms with Crippen LogP contribution in [0.5, 0.6) is 5.75 Å². The lowest BCUT2D eigenvalue weighted by molar-refractivity contribution is 0.312. The SMILES string of the molecule is CNC1CCC(CNc2ccc(OC)c(Br)c2)CC1. The van der Waals surface area contributed by atoms with Crippen molar-refractivity contribution in [2.75, 3.05) is 26.0 Å². The minimum atomic E-state index is 0.728. The Labute approximate surface area is 124 Å². The number of hydrogen-bond donors (Lipinski definition) is 2. The second kappa shape index (κ2) is 7.15. The van der Waals surface area contributed by atoms with Gasteiger partial charge in [-0.2, -0.15) is 0 Å². The van der Waals surface area contributed by atoms with Crippen molar-refractivity contribution >= 4 is 21.6 Å². The first-order valence-corrected chi connectivity index (χ1v) is 7.77. The van der Waals surface area contributed by atoms with Gasteiger partial charge in [0.15, 0.2) is 0 Å². The predicted molar refractivity (Wildman–Crippen MR) is 84.0 cm³/mol. The molecule has 0 radical (unpaired) electrons. The molecule has 1 saturated carbocycles. The molecule has 0 unspecified atom stereocenters. The van der Waals surface area contributed by atoms with Gasteiger partial charge in [-0.05, 0) is 72.8 Å². The number of halogens is 1. The summed E-state index contributed by atoms with van der Waals surface area (Å²) in [7, 11) is 3.76. The zero-order valence-electron chi connectivity index (χ0n) is 11.7. The second-order valence-corrected chi connectivity index (χ2v) is 6.09. The summed E-state index contributed by atoms with van der Waals surface area (Å²) in [5.74, 6) is 1.67. The average molecular weight is 327 g/mol. The topological polar surface area (TPSA) is 33.3 Å². The smallest absolute Gasteiger partial charge is 0.133 e. The molecule has 0 bridgehead atoms. The van der Waals surface area contributed by atoms with E-state index in [1.807, 2.05) is 6.07 Å². The fourth-order valence-corrected chi connectivity index (χ4v) is 3.23. The standard InChI is InChI=1S/C15H23BrN2O/c1-17-12-5-3-11(4-6-12)10-18-13-7-8-15(19-2)14(16)9-13/h7-9,11-12,17-18H,3-6,10H2,1-2H3. The number of ether oxygens (including phenoxy) is 1. The third-order valence-corrected chi connectivity index (χ3v) is 4.62. The molecule has 0 saturated heterocycles. The molecule has 19 heavy (non-hydrogen) atoms. The lowest BCUT2D eigenvalue weighted by atomic mass is 9.86. The highest BCUT2D eigenvalue weighted by molar-refractivity contribution is 9.10. The molecule has 4 heteroatoms. The minimum Gasteiger partial charge on any atom is -0.496 e. The summed E-state index contributed by atoms with van der Waals surface area (Å²) in [4.78, 5) is 0. The molecule has 106 valence electrons. The van der Waals surface area contributed by atoms with Crippen molar-refractivity contribution in [2.24, 2.45) is 5.92 Å². The number of benzene rings is 1. The summed E-state index contributed by atoms with van der Waals surface area (Å²) in [5.41, 5.74) is 1.16. The van der Waals surface area contributed by atoms with E-state index in [1.165, 1.54) is 25.7 Å². The number of hydrogen-bond acceptors (Lipinski definition) is 3. The van der Waals surface area contributed by atoms with Gasteiger partial charge in [0.05, 0.1) is 11.6 Å². The Morgan fingerprint density at radius 2 is 2.00 bits per heavy atom. The van der Waals surface area contributed by atoms with Crippen molar-refractivity contribution in [2.45, 2.75) is 31.7 Å². The third kappa shape index (κ3) is 4.11. The molecule has 1 aliphatic rings. The highest BCUT2D eigenvalue weighted by atomic mass is 79.9. The highest BCUT2D eigenvalue weighted by Crippen LogP contribution is 2.29. The number of rotatable bonds is 5. The van der Waals surface area contributed by atoms with Gasteiger partial charge in [-0.15, -0.1) is 0 Å². The van der Waals surface area contributed by atoms with Gasteiger partial charge in [-0.1, -0.05) is 0 Å². The normalized spacial score (nSPS) is 23.1. The Kier molecular flexibility index (Phi) is 5.52. The average Bonchev–Trinajstić information content (AvgIpc) is 2.46. The van der Waals surface area contributed by atoms with Gasteiger partial charge in [-0.25, -0.2) is 0 Å². The molecule has 1 aromatic rings. The van der Waals surface area contributed by atoms with Crippen LogP contribution in [0.3, 0.4) is 0 Å². The van der Waals surface area contributed by atoms with Gasteiger partial charge in [0.25, 0.3) is 0 Å². The summed E-state index contributed by atoms with van der Waals surface area (Å²) < 4.78 is 6.24. The molecule has 3 nitrogen and oxygen atoms in total. The Morgan fingerprint density at radius 3 is 2.58 bits per heavy atom. The summed E-state index contributed by atoms with van der Waals surface area (Å²) in [6.07, 6.45) is 5.23. The first-order chi connectivity index (χ1) is 9.22. The van der Waals surface area contributed by atoms with Crippen molar-refractivity contribution in [3.8, 4) is 5.75 Å². The molecule has 0 aliphatic heterocycles. The van der Waals surface area contributed by atoms with Crippen molar-refractivity contribution < 1.29 is 4.74 Å². The van der Waals surface area contributed by atoms with Gasteiger partial charge < -0.3 is 15.4 Å². The molecule has 0 aromatic heterocycles. The van der Waals surface area contributed by atoms with Crippen molar-refractivity contribution in [3.05, 3.63) is 22.7 Å². The molecule has 1 aliphatic carbocycles. The lowest BCUT2D eigenvalue weighted by Gasteiger charge is -2.28. The summed E-state index contributed by atoms with van der Waals surface area (Å²) in [6, 6.07) is 6.87. The third-order valence-electron chi connectivity index (χ3n) is 4.00. The van der Waals surface area contributed by atoms with E-state index in [2.05, 4.69) is 45.7 Å². The Morgan fingerprint density at radius 1 is 1.26 bits per heavy atom. The molecule has 0 atom stereocenters. The molecule has 2 rings (SSSR count). The number of nitrogens with one attached hydrogen (secondary N) is 2. The van der Waals surface area contributed by atoms with Crippen LogP contribution in [0.15, 0.2) is 22.7 Å². The van der Waals surface area contributed by atoms with E-state index in [1.54, 1.807) is 7.11 Å². The zero-order valence-corrected chi connectivity index (χ0v) is 13.3. The van der Waals surface area contributed by atoms with Crippen molar-refractivity contribution in [1.82, 2.24) is 5.32 Å². The molecule has 1 aromatic carbocycles. The first kappa shape index (κ1) is 14.7. The van der Waals surface area contributed by atoms with Crippen LogP contribution in [0.4, 0.5) is 5.69 Å². The van der Waals surface area contributed by atoms with Crippen LogP contribution in [0.25, 0.3) is 0 Å². The van der Waals surface area contributed by atoms with Crippen molar-refractivity contribution in [3.63, 3.8) is 0 Å². The van der Waals surface area contributed by atoms with Crippen LogP contribution < -0.4 is 15.4 Å². The maximum Gasteiger partial charge on any atom is 0.133 e. The van der Waals surface area contributed by atoms with Crippen LogP contribution in [-0.4, -0.2) is 26.7 Å². The van der Waals surface area contributed by atoms with Gasteiger partial charge >= 0.3 is 0 Å². The molecular formula is C15H23BrN2O. The number of anilines is 1. The van der Waals surface area contributed by atoms with E-state index >= 15 is 0 Å².